The van der Waals surface area contributed by atoms with Gasteiger partial charge in [-0.15, -0.1) is 0 Å². The van der Waals surface area contributed by atoms with Crippen LogP contribution in [0, 0.1) is 0 Å². The lowest BCUT2D eigenvalue weighted by atomic mass is 10.2. The molecule has 5 heteroatoms. The van der Waals surface area contributed by atoms with Crippen molar-refractivity contribution in [1.82, 2.24) is 0 Å². The number of aliphatic hydroxyl groups excluding tert-OH is 1. The molecule has 100 valence electrons. The predicted octanol–water partition coefficient (Wildman–Crippen LogP) is 2.53. The zero-order valence-corrected chi connectivity index (χ0v) is 12.2. The Morgan fingerprint density at radius 3 is 2.39 bits per heavy atom. The van der Waals surface area contributed by atoms with E-state index < -0.39 is 17.7 Å². The Kier molecular flexibility index (Phi) is 5.16. The summed E-state index contributed by atoms with van der Waals surface area (Å²) < 4.78 is 11.3. The Morgan fingerprint density at radius 1 is 1.33 bits per heavy atom. The normalized spacial score (nSPS) is 12.9. The molecule has 1 rings (SSSR count). The Labute approximate surface area is 115 Å². The van der Waals surface area contributed by atoms with E-state index in [2.05, 4.69) is 15.9 Å². The van der Waals surface area contributed by atoms with Gasteiger partial charge in [0.1, 0.15) is 18.0 Å². The second-order valence-corrected chi connectivity index (χ2v) is 5.73. The molecule has 0 radical (unpaired) electrons. The fourth-order valence-electron chi connectivity index (χ4n) is 1.14. The molecule has 0 saturated heterocycles. The van der Waals surface area contributed by atoms with Crippen molar-refractivity contribution < 1.29 is 19.4 Å². The minimum atomic E-state index is -1.28. The summed E-state index contributed by atoms with van der Waals surface area (Å²) in [7, 11) is 0. The van der Waals surface area contributed by atoms with Crippen molar-refractivity contribution in [3.05, 3.63) is 28.7 Å². The van der Waals surface area contributed by atoms with Crippen molar-refractivity contribution in [3.63, 3.8) is 0 Å². The molecule has 0 aliphatic carbocycles. The van der Waals surface area contributed by atoms with E-state index in [1.54, 1.807) is 32.9 Å². The minimum Gasteiger partial charge on any atom is -0.490 e. The second-order valence-electron chi connectivity index (χ2n) is 4.81. The van der Waals surface area contributed by atoms with E-state index >= 15 is 0 Å². The van der Waals surface area contributed by atoms with Gasteiger partial charge in [-0.05, 0) is 45.0 Å². The first kappa shape index (κ1) is 15.0. The minimum absolute atomic E-state index is 0.128. The highest BCUT2D eigenvalue weighted by molar-refractivity contribution is 9.10. The maximum Gasteiger partial charge on any atom is 0.339 e. The fourth-order valence-corrected chi connectivity index (χ4v) is 1.41. The van der Waals surface area contributed by atoms with Gasteiger partial charge in [-0.25, -0.2) is 4.79 Å². The van der Waals surface area contributed by atoms with E-state index in [0.29, 0.717) is 5.75 Å². The van der Waals surface area contributed by atoms with Crippen LogP contribution in [0.4, 0.5) is 0 Å². The summed E-state index contributed by atoms with van der Waals surface area (Å²) in [5, 5.41) is 9.59. The summed E-state index contributed by atoms with van der Waals surface area (Å²) in [4.78, 5) is 11.5. The van der Waals surface area contributed by atoms with Gasteiger partial charge in [0.05, 0.1) is 0 Å². The zero-order chi connectivity index (χ0) is 13.8. The van der Waals surface area contributed by atoms with Crippen LogP contribution in [-0.2, 0) is 9.53 Å². The summed E-state index contributed by atoms with van der Waals surface area (Å²) in [6, 6.07) is 7.11. The summed E-state index contributed by atoms with van der Waals surface area (Å²) in [6.45, 7) is 5.10. The van der Waals surface area contributed by atoms with Crippen LogP contribution in [0.2, 0.25) is 0 Å². The van der Waals surface area contributed by atoms with Gasteiger partial charge in [-0.3, -0.25) is 0 Å². The molecule has 0 aromatic heterocycles. The SMILES string of the molecule is CC(C)(C)OC(=O)[C@H](O)COc1ccc(Br)cc1. The smallest absolute Gasteiger partial charge is 0.339 e. The third-order valence-electron chi connectivity index (χ3n) is 1.90. The van der Waals surface area contributed by atoms with Crippen LogP contribution in [0.3, 0.4) is 0 Å². The number of aliphatic hydroxyl groups is 1. The van der Waals surface area contributed by atoms with E-state index in [-0.39, 0.29) is 6.61 Å². The van der Waals surface area contributed by atoms with Crippen molar-refractivity contribution >= 4 is 21.9 Å². The molecular formula is C13H17BrO4. The molecule has 0 unspecified atom stereocenters. The predicted molar refractivity (Wildman–Crippen MR) is 71.5 cm³/mol. The molecule has 0 heterocycles. The summed E-state index contributed by atoms with van der Waals surface area (Å²) in [5.74, 6) is -0.0968. The first-order valence-electron chi connectivity index (χ1n) is 5.57. The van der Waals surface area contributed by atoms with E-state index in [1.807, 2.05) is 12.1 Å². The molecule has 0 amide bonds. The van der Waals surface area contributed by atoms with E-state index in [4.69, 9.17) is 9.47 Å². The van der Waals surface area contributed by atoms with Gasteiger partial charge in [0.25, 0.3) is 0 Å². The molecule has 0 bridgehead atoms. The molecule has 0 spiro atoms. The number of carbonyl (C=O) groups is 1. The third kappa shape index (κ3) is 5.51. The number of rotatable bonds is 4. The van der Waals surface area contributed by atoms with Gasteiger partial charge in [0, 0.05) is 4.47 Å². The van der Waals surface area contributed by atoms with Crippen molar-refractivity contribution in [2.45, 2.75) is 32.5 Å². The number of esters is 1. The molecule has 1 aromatic carbocycles. The molecule has 1 aromatic rings. The highest BCUT2D eigenvalue weighted by Crippen LogP contribution is 2.16. The first-order chi connectivity index (χ1) is 8.28. The van der Waals surface area contributed by atoms with Crippen LogP contribution in [0.15, 0.2) is 28.7 Å². The van der Waals surface area contributed by atoms with Crippen LogP contribution < -0.4 is 4.74 Å². The van der Waals surface area contributed by atoms with Crippen LogP contribution in [0.25, 0.3) is 0 Å². The number of hydrogen-bond acceptors (Lipinski definition) is 4. The number of halogens is 1. The van der Waals surface area contributed by atoms with E-state index in [0.717, 1.165) is 4.47 Å². The largest absolute Gasteiger partial charge is 0.490 e. The molecule has 18 heavy (non-hydrogen) atoms. The molecule has 0 aliphatic rings. The van der Waals surface area contributed by atoms with Crippen LogP contribution in [0.1, 0.15) is 20.8 Å². The van der Waals surface area contributed by atoms with Crippen LogP contribution in [0.5, 0.6) is 5.75 Å². The standard InChI is InChI=1S/C13H17BrO4/c1-13(2,3)18-12(16)11(15)8-17-10-6-4-9(14)5-7-10/h4-7,11,15H,8H2,1-3H3/t11-/m1/s1. The van der Waals surface area contributed by atoms with Crippen molar-refractivity contribution in [2.75, 3.05) is 6.61 Å². The topological polar surface area (TPSA) is 55.8 Å². The van der Waals surface area contributed by atoms with Gasteiger partial charge < -0.3 is 14.6 Å². The molecular weight excluding hydrogens is 300 g/mol. The lowest BCUT2D eigenvalue weighted by Gasteiger charge is -2.21. The zero-order valence-electron chi connectivity index (χ0n) is 10.6. The van der Waals surface area contributed by atoms with Gasteiger partial charge in [-0.1, -0.05) is 15.9 Å². The number of carbonyl (C=O) groups excluding carboxylic acids is 1. The Balaban J connectivity index is 2.43. The second kappa shape index (κ2) is 6.20. The summed E-state index contributed by atoms with van der Waals surface area (Å²) in [5.41, 5.74) is -0.615. The quantitative estimate of drug-likeness (QED) is 0.867. The Bertz CT molecular complexity index is 394. The van der Waals surface area contributed by atoms with Gasteiger partial charge >= 0.3 is 5.97 Å². The van der Waals surface area contributed by atoms with Crippen LogP contribution in [-0.4, -0.2) is 29.4 Å². The first-order valence-corrected chi connectivity index (χ1v) is 6.36. The maximum atomic E-state index is 11.5. The number of benzene rings is 1. The number of hydrogen-bond donors (Lipinski definition) is 1. The lowest BCUT2D eigenvalue weighted by molar-refractivity contribution is -0.166. The highest BCUT2D eigenvalue weighted by Gasteiger charge is 2.23. The molecule has 0 fully saturated rings. The molecule has 1 N–H and O–H groups in total. The Morgan fingerprint density at radius 2 is 1.89 bits per heavy atom. The van der Waals surface area contributed by atoms with Crippen LogP contribution >= 0.6 is 15.9 Å². The van der Waals surface area contributed by atoms with Crippen molar-refractivity contribution in [2.24, 2.45) is 0 Å². The monoisotopic (exact) mass is 316 g/mol. The molecule has 1 atom stereocenters. The molecule has 4 nitrogen and oxygen atoms in total. The summed E-state index contributed by atoms with van der Waals surface area (Å²) in [6.07, 6.45) is -1.28. The summed E-state index contributed by atoms with van der Waals surface area (Å²) >= 11 is 3.30. The average molecular weight is 317 g/mol. The fraction of sp³-hybridized carbons (Fsp3) is 0.462. The Hall–Kier alpha value is -1.07. The van der Waals surface area contributed by atoms with Gasteiger partial charge in [-0.2, -0.15) is 0 Å². The molecule has 0 saturated carbocycles. The maximum absolute atomic E-state index is 11.5. The van der Waals surface area contributed by atoms with Crippen molar-refractivity contribution in [3.8, 4) is 5.75 Å². The van der Waals surface area contributed by atoms with E-state index in [9.17, 15) is 9.90 Å². The average Bonchev–Trinajstić information content (AvgIpc) is 2.25. The molecule has 0 aliphatic heterocycles. The van der Waals surface area contributed by atoms with Crippen molar-refractivity contribution in [1.29, 1.82) is 0 Å². The third-order valence-corrected chi connectivity index (χ3v) is 2.43. The number of ether oxygens (including phenoxy) is 2. The van der Waals surface area contributed by atoms with Gasteiger partial charge in [0.15, 0.2) is 6.10 Å². The lowest BCUT2D eigenvalue weighted by Crippen LogP contribution is -2.35. The highest BCUT2D eigenvalue weighted by atomic mass is 79.9. The van der Waals surface area contributed by atoms with E-state index in [1.165, 1.54) is 0 Å². The van der Waals surface area contributed by atoms with Gasteiger partial charge in [0.2, 0.25) is 0 Å².